The zero-order valence-corrected chi connectivity index (χ0v) is 12.5. The molecule has 0 aromatic heterocycles. The van der Waals surface area contributed by atoms with Crippen molar-refractivity contribution in [3.63, 3.8) is 0 Å². The van der Waals surface area contributed by atoms with E-state index < -0.39 is 0 Å². The lowest BCUT2D eigenvalue weighted by Crippen LogP contribution is -1.87. The van der Waals surface area contributed by atoms with Gasteiger partial charge < -0.3 is 0 Å². The van der Waals surface area contributed by atoms with Gasteiger partial charge in [0.05, 0.1) is 5.92 Å². The topological polar surface area (TPSA) is 0 Å². The molecule has 1 fully saturated rings. The molecule has 4 aromatic carbocycles. The highest BCUT2D eigenvalue weighted by Gasteiger charge is 2.14. The van der Waals surface area contributed by atoms with E-state index in [1.54, 1.807) is 0 Å². The summed E-state index contributed by atoms with van der Waals surface area (Å²) in [5, 5.41) is 7.84. The van der Waals surface area contributed by atoms with Crippen LogP contribution in [0.5, 0.6) is 0 Å². The van der Waals surface area contributed by atoms with Crippen molar-refractivity contribution in [2.75, 3.05) is 0 Å². The molecule has 4 aromatic rings. The van der Waals surface area contributed by atoms with Crippen LogP contribution in [0.1, 0.15) is 5.56 Å². The van der Waals surface area contributed by atoms with Gasteiger partial charge in [-0.3, -0.25) is 0 Å². The van der Waals surface area contributed by atoms with Gasteiger partial charge in [0.25, 0.3) is 0 Å². The van der Waals surface area contributed by atoms with Crippen LogP contribution in [0.2, 0.25) is 0 Å². The first kappa shape index (κ1) is 13.0. The average Bonchev–Trinajstić information content (AvgIpc) is 3.11. The fourth-order valence-electron chi connectivity index (χ4n) is 3.43. The van der Waals surface area contributed by atoms with Gasteiger partial charge in [-0.15, -0.1) is 0 Å². The third kappa shape index (κ3) is 2.08. The Kier molecular flexibility index (Phi) is 2.82. The van der Waals surface area contributed by atoms with Gasteiger partial charge in [0.15, 0.2) is 0 Å². The molecule has 0 spiro atoms. The summed E-state index contributed by atoms with van der Waals surface area (Å²) < 4.78 is 0. The van der Waals surface area contributed by atoms with E-state index in [0.29, 0.717) is 0 Å². The van der Waals surface area contributed by atoms with Crippen molar-refractivity contribution in [2.45, 2.75) is 0 Å². The molecule has 0 atom stereocenters. The van der Waals surface area contributed by atoms with Crippen LogP contribution in [0.3, 0.4) is 0 Å². The van der Waals surface area contributed by atoms with Crippen LogP contribution < -0.4 is 0 Å². The van der Waals surface area contributed by atoms with Crippen LogP contribution in [0.25, 0.3) is 32.3 Å². The number of benzene rings is 4. The molecule has 0 N–H and O–H groups in total. The van der Waals surface area contributed by atoms with E-state index in [4.69, 9.17) is 0 Å². The van der Waals surface area contributed by atoms with E-state index in [1.807, 2.05) is 25.7 Å². The zero-order chi connectivity index (χ0) is 15.2. The van der Waals surface area contributed by atoms with Gasteiger partial charge in [-0.1, -0.05) is 54.3 Å². The number of hydrogen-bond acceptors (Lipinski definition) is 0. The monoisotopic (exact) mass is 289 g/mol. The van der Waals surface area contributed by atoms with Gasteiger partial charge in [-0.25, -0.2) is 0 Å². The third-order valence-electron chi connectivity index (χ3n) is 4.48. The quantitative estimate of drug-likeness (QED) is 0.303. The molecule has 1 aliphatic rings. The van der Waals surface area contributed by atoms with Gasteiger partial charge in [-0.2, -0.15) is 0 Å². The lowest BCUT2D eigenvalue weighted by molar-refractivity contribution is 1.43. The Bertz CT molecular complexity index is 1010. The largest absolute Gasteiger partial charge is 0.0888 e. The minimum atomic E-state index is 1.06. The van der Waals surface area contributed by atoms with Crippen molar-refractivity contribution in [3.05, 3.63) is 91.8 Å². The Morgan fingerprint density at radius 3 is 1.78 bits per heavy atom. The van der Waals surface area contributed by atoms with Crippen molar-refractivity contribution >= 4 is 32.3 Å². The summed E-state index contributed by atoms with van der Waals surface area (Å²) in [6, 6.07) is 19.7. The summed E-state index contributed by atoms with van der Waals surface area (Å²) in [6.45, 7) is 0. The normalized spacial score (nSPS) is 15.5. The van der Waals surface area contributed by atoms with Gasteiger partial charge in [-0.05, 0) is 70.1 Å². The van der Waals surface area contributed by atoms with E-state index >= 15 is 0 Å². The second kappa shape index (κ2) is 5.00. The molecule has 5 rings (SSSR count). The summed E-state index contributed by atoms with van der Waals surface area (Å²) in [7, 11) is 0. The Morgan fingerprint density at radius 1 is 0.565 bits per heavy atom. The van der Waals surface area contributed by atoms with Gasteiger partial charge in [0.1, 0.15) is 0 Å². The standard InChI is InChI=1S/C23H13/c1-2-5-16(4-1)8-9-17-14-20-12-10-18-6-3-7-19-11-13-21(15-17)23(20)22(18)19/h1-7,10-15H. The second-order valence-corrected chi connectivity index (χ2v) is 5.93. The summed E-state index contributed by atoms with van der Waals surface area (Å²) in [6.07, 6.45) is 8.12. The Labute approximate surface area is 136 Å². The maximum Gasteiger partial charge on any atom is 0.0558 e. The first-order valence-corrected chi connectivity index (χ1v) is 7.80. The lowest BCUT2D eigenvalue weighted by Gasteiger charge is -2.11. The van der Waals surface area contributed by atoms with E-state index in [2.05, 4.69) is 66.4 Å². The smallest absolute Gasteiger partial charge is 0.0558 e. The molecule has 0 unspecified atom stereocenters. The predicted octanol–water partition coefficient (Wildman–Crippen LogP) is 5.34. The molecular formula is C23H13. The molecular weight excluding hydrogens is 276 g/mol. The Balaban J connectivity index is 1.74. The van der Waals surface area contributed by atoms with Crippen LogP contribution in [-0.4, -0.2) is 0 Å². The summed E-state index contributed by atoms with van der Waals surface area (Å²) in [5.41, 5.74) is 1.07. The van der Waals surface area contributed by atoms with E-state index in [-0.39, 0.29) is 0 Å². The van der Waals surface area contributed by atoms with Crippen molar-refractivity contribution in [1.82, 2.24) is 0 Å². The minimum Gasteiger partial charge on any atom is -0.0888 e. The van der Waals surface area contributed by atoms with Crippen molar-refractivity contribution < 1.29 is 0 Å². The average molecular weight is 289 g/mol. The fraction of sp³-hybridized carbons (Fsp3) is 0. The number of rotatable bonds is 0. The van der Waals surface area contributed by atoms with Gasteiger partial charge in [0, 0.05) is 5.56 Å². The highest BCUT2D eigenvalue weighted by Crippen LogP contribution is 2.35. The lowest BCUT2D eigenvalue weighted by atomic mass is 9.93. The summed E-state index contributed by atoms with van der Waals surface area (Å²) in [4.78, 5) is 0. The highest BCUT2D eigenvalue weighted by molar-refractivity contribution is 6.23. The van der Waals surface area contributed by atoms with Gasteiger partial charge in [0.2, 0.25) is 0 Å². The van der Waals surface area contributed by atoms with Crippen LogP contribution in [-0.2, 0) is 0 Å². The van der Waals surface area contributed by atoms with Crippen molar-refractivity contribution in [3.8, 4) is 11.8 Å². The molecule has 0 amide bonds. The maximum atomic E-state index is 3.30. The highest BCUT2D eigenvalue weighted by atomic mass is 14.2. The van der Waals surface area contributed by atoms with Crippen molar-refractivity contribution in [2.24, 2.45) is 0 Å². The first-order valence-electron chi connectivity index (χ1n) is 7.80. The molecule has 105 valence electrons. The SMILES string of the molecule is C(#Cc1cc2ccc3cccc4ccc(c1)c2c34)[C]1[CH][CH][CH][CH]1. The summed E-state index contributed by atoms with van der Waals surface area (Å²) in [5.74, 6) is 7.60. The summed E-state index contributed by atoms with van der Waals surface area (Å²) >= 11 is 0. The minimum absolute atomic E-state index is 1.06. The van der Waals surface area contributed by atoms with Crippen LogP contribution in [0, 0.1) is 43.4 Å². The van der Waals surface area contributed by atoms with E-state index in [1.165, 1.54) is 32.3 Å². The molecule has 0 aliphatic heterocycles. The molecule has 0 heteroatoms. The fourth-order valence-corrected chi connectivity index (χ4v) is 3.43. The number of hydrogen-bond donors (Lipinski definition) is 0. The van der Waals surface area contributed by atoms with Gasteiger partial charge >= 0.3 is 0 Å². The molecule has 1 aliphatic carbocycles. The second-order valence-electron chi connectivity index (χ2n) is 5.93. The molecule has 23 heavy (non-hydrogen) atoms. The Morgan fingerprint density at radius 2 is 1.13 bits per heavy atom. The van der Waals surface area contributed by atoms with Crippen LogP contribution in [0.4, 0.5) is 0 Å². The molecule has 0 bridgehead atoms. The van der Waals surface area contributed by atoms with Crippen molar-refractivity contribution in [1.29, 1.82) is 0 Å². The zero-order valence-electron chi connectivity index (χ0n) is 12.5. The molecule has 0 saturated heterocycles. The first-order chi connectivity index (χ1) is 11.4. The van der Waals surface area contributed by atoms with E-state index in [0.717, 1.165) is 11.5 Å². The Hall–Kier alpha value is -2.52. The predicted molar refractivity (Wildman–Crippen MR) is 97.5 cm³/mol. The molecule has 1 saturated carbocycles. The van der Waals surface area contributed by atoms with Crippen LogP contribution in [0.15, 0.2) is 54.6 Å². The third-order valence-corrected chi connectivity index (χ3v) is 4.48. The van der Waals surface area contributed by atoms with Crippen LogP contribution >= 0.6 is 0 Å². The molecule has 0 heterocycles. The molecule has 0 nitrogen and oxygen atoms in total. The molecule has 5 radical (unpaired) electrons. The van der Waals surface area contributed by atoms with E-state index in [9.17, 15) is 0 Å². The maximum absolute atomic E-state index is 3.30.